The first-order valence-electron chi connectivity index (χ1n) is 13.2. The number of nitrogens with zero attached hydrogens (tertiary/aromatic N) is 2. The number of unbranched alkanes of at least 4 members (excludes halogenated alkanes) is 2. The number of rotatable bonds is 9. The summed E-state index contributed by atoms with van der Waals surface area (Å²) in [6.45, 7) is 6.52. The van der Waals surface area contributed by atoms with Gasteiger partial charge in [0.15, 0.2) is 22.4 Å². The molecule has 0 saturated carbocycles. The fourth-order valence-electron chi connectivity index (χ4n) is 4.82. The minimum Gasteiger partial charge on any atom is -0.507 e. The van der Waals surface area contributed by atoms with Crippen LogP contribution in [0.2, 0.25) is 0 Å². The van der Waals surface area contributed by atoms with E-state index in [1.165, 1.54) is 11.8 Å². The van der Waals surface area contributed by atoms with Crippen LogP contribution in [-0.2, 0) is 9.59 Å². The smallest absolute Gasteiger partial charge is 0.301 e. The molecule has 2 aliphatic heterocycles. The van der Waals surface area contributed by atoms with Gasteiger partial charge in [-0.25, -0.2) is 4.98 Å². The number of anilines is 1. The molecule has 9 nitrogen and oxygen atoms in total. The van der Waals surface area contributed by atoms with Gasteiger partial charge in [-0.1, -0.05) is 43.2 Å². The van der Waals surface area contributed by atoms with E-state index in [4.69, 9.17) is 14.2 Å². The van der Waals surface area contributed by atoms with Gasteiger partial charge in [0.25, 0.3) is 5.78 Å². The molecule has 3 heterocycles. The van der Waals surface area contributed by atoms with E-state index in [9.17, 15) is 19.5 Å². The van der Waals surface area contributed by atoms with Crippen LogP contribution < -0.4 is 19.1 Å². The molecule has 2 aliphatic rings. The Hall–Kier alpha value is -4.18. The molecule has 0 radical (unpaired) electrons. The Morgan fingerprint density at radius 3 is 2.62 bits per heavy atom. The summed E-state index contributed by atoms with van der Waals surface area (Å²) in [6, 6.07) is 11.0. The van der Waals surface area contributed by atoms with Crippen molar-refractivity contribution in [1.82, 2.24) is 4.98 Å². The molecule has 0 bridgehead atoms. The zero-order valence-electron chi connectivity index (χ0n) is 22.6. The van der Waals surface area contributed by atoms with Crippen molar-refractivity contribution in [2.75, 3.05) is 24.7 Å². The van der Waals surface area contributed by atoms with E-state index in [0.29, 0.717) is 58.8 Å². The lowest BCUT2D eigenvalue weighted by molar-refractivity contribution is -0.132. The Kier molecular flexibility index (Phi) is 7.88. The number of amides is 1. The van der Waals surface area contributed by atoms with Gasteiger partial charge in [0, 0.05) is 12.5 Å². The zero-order valence-corrected chi connectivity index (χ0v) is 23.4. The van der Waals surface area contributed by atoms with Gasteiger partial charge in [-0.05, 0) is 49.2 Å². The van der Waals surface area contributed by atoms with Crippen molar-refractivity contribution in [3.05, 3.63) is 69.7 Å². The Balaban J connectivity index is 1.63. The van der Waals surface area contributed by atoms with E-state index in [1.807, 2.05) is 6.07 Å². The lowest BCUT2D eigenvalue weighted by Crippen LogP contribution is -2.29. The van der Waals surface area contributed by atoms with Gasteiger partial charge in [-0.15, -0.1) is 0 Å². The Morgan fingerprint density at radius 2 is 1.90 bits per heavy atom. The lowest BCUT2D eigenvalue weighted by atomic mass is 9.95. The van der Waals surface area contributed by atoms with E-state index in [0.717, 1.165) is 30.6 Å². The summed E-state index contributed by atoms with van der Waals surface area (Å²) >= 11 is 1.04. The van der Waals surface area contributed by atoms with Crippen molar-refractivity contribution >= 4 is 39.7 Å². The molecule has 1 amide bonds. The quantitative estimate of drug-likeness (QED) is 0.117. The third-order valence-electron chi connectivity index (χ3n) is 6.76. The van der Waals surface area contributed by atoms with E-state index in [2.05, 4.69) is 11.9 Å². The zero-order chi connectivity index (χ0) is 28.4. The monoisotopic (exact) mass is 562 g/mol. The van der Waals surface area contributed by atoms with Crippen molar-refractivity contribution in [3.63, 3.8) is 0 Å². The van der Waals surface area contributed by atoms with Crippen molar-refractivity contribution in [1.29, 1.82) is 0 Å². The Labute approximate surface area is 236 Å². The number of aryl methyl sites for hydroxylation is 1. The number of aliphatic hydroxyl groups excluding tert-OH is 1. The van der Waals surface area contributed by atoms with Crippen LogP contribution in [0.4, 0.5) is 5.13 Å². The second-order valence-corrected chi connectivity index (χ2v) is 10.6. The Bertz CT molecular complexity index is 1510. The minimum absolute atomic E-state index is 0.0953. The number of hydrogen-bond acceptors (Lipinski definition) is 9. The van der Waals surface area contributed by atoms with Crippen molar-refractivity contribution in [2.45, 2.75) is 46.1 Å². The molecule has 2 aromatic carbocycles. The van der Waals surface area contributed by atoms with Crippen LogP contribution in [0.1, 0.15) is 65.6 Å². The number of fused-ring (bicyclic) bond motifs is 1. The van der Waals surface area contributed by atoms with Gasteiger partial charge in [-0.3, -0.25) is 19.3 Å². The molecule has 5 rings (SSSR count). The van der Waals surface area contributed by atoms with Gasteiger partial charge < -0.3 is 19.3 Å². The summed E-state index contributed by atoms with van der Waals surface area (Å²) in [5.41, 5.74) is 1.23. The molecule has 1 N–H and O–H groups in total. The van der Waals surface area contributed by atoms with Crippen LogP contribution in [0.3, 0.4) is 0 Å². The molecule has 1 fully saturated rings. The lowest BCUT2D eigenvalue weighted by Gasteiger charge is -2.24. The van der Waals surface area contributed by atoms with Crippen LogP contribution in [0.25, 0.3) is 5.76 Å². The van der Waals surface area contributed by atoms with Crippen molar-refractivity contribution < 1.29 is 33.7 Å². The molecule has 1 saturated heterocycles. The van der Waals surface area contributed by atoms with Gasteiger partial charge >= 0.3 is 5.91 Å². The summed E-state index contributed by atoms with van der Waals surface area (Å²) in [6.07, 6.45) is 3.00. The number of ether oxygens (including phenoxy) is 3. The average molecular weight is 563 g/mol. The van der Waals surface area contributed by atoms with E-state index in [1.54, 1.807) is 43.3 Å². The summed E-state index contributed by atoms with van der Waals surface area (Å²) in [4.78, 5) is 45.4. The highest BCUT2D eigenvalue weighted by Crippen LogP contribution is 2.45. The topological polar surface area (TPSA) is 115 Å². The predicted molar refractivity (Wildman–Crippen MR) is 151 cm³/mol. The normalized spacial score (nSPS) is 17.8. The van der Waals surface area contributed by atoms with Crippen LogP contribution in [0, 0.1) is 6.92 Å². The van der Waals surface area contributed by atoms with Crippen LogP contribution in [0.5, 0.6) is 17.2 Å². The molecule has 1 atom stereocenters. The molecule has 10 heteroatoms. The second kappa shape index (κ2) is 11.5. The molecule has 0 aliphatic carbocycles. The number of ketones is 2. The van der Waals surface area contributed by atoms with E-state index >= 15 is 0 Å². The molecule has 0 unspecified atom stereocenters. The molecule has 208 valence electrons. The molecular weight excluding hydrogens is 532 g/mol. The number of aliphatic hydroxyl groups is 1. The number of aromatic nitrogens is 1. The van der Waals surface area contributed by atoms with Crippen LogP contribution in [0.15, 0.2) is 48.0 Å². The number of Topliss-reactive ketones (excluding diaryl/α,β-unsaturated/α-hetero) is 2. The van der Waals surface area contributed by atoms with Crippen LogP contribution in [-0.4, -0.2) is 47.4 Å². The first-order valence-corrected chi connectivity index (χ1v) is 14.0. The summed E-state index contributed by atoms with van der Waals surface area (Å²) in [5, 5.41) is 11.7. The summed E-state index contributed by atoms with van der Waals surface area (Å²) < 4.78 is 17.2. The molecule has 3 aromatic rings. The van der Waals surface area contributed by atoms with Crippen LogP contribution >= 0.6 is 11.3 Å². The average Bonchev–Trinajstić information content (AvgIpc) is 3.47. The first kappa shape index (κ1) is 27.4. The Morgan fingerprint density at radius 1 is 1.12 bits per heavy atom. The molecular formula is C30H30N2O7S. The van der Waals surface area contributed by atoms with Gasteiger partial charge in [0.05, 0.1) is 28.8 Å². The van der Waals surface area contributed by atoms with Gasteiger partial charge in [-0.2, -0.15) is 0 Å². The number of benzene rings is 2. The fraction of sp³-hybridized carbons (Fsp3) is 0.333. The predicted octanol–water partition coefficient (Wildman–Crippen LogP) is 5.62. The number of carbonyl (C=O) groups excluding carboxylic acids is 3. The third kappa shape index (κ3) is 5.19. The SMILES string of the molecule is CCCCCOc1cccc([C@@H]2C(=C(O)c3ccc4c(c3)OCCO4)C(=O)C(=O)N2c2nc(C)c(C(C)=O)s2)c1. The summed E-state index contributed by atoms with van der Waals surface area (Å²) in [7, 11) is 0. The largest absolute Gasteiger partial charge is 0.507 e. The molecule has 0 spiro atoms. The molecule has 40 heavy (non-hydrogen) atoms. The maximum absolute atomic E-state index is 13.5. The van der Waals surface area contributed by atoms with E-state index in [-0.39, 0.29) is 22.2 Å². The maximum atomic E-state index is 13.5. The van der Waals surface area contributed by atoms with E-state index < -0.39 is 17.7 Å². The number of thiazole rings is 1. The second-order valence-electron chi connectivity index (χ2n) is 9.62. The highest BCUT2D eigenvalue weighted by Gasteiger charge is 2.48. The molecule has 1 aromatic heterocycles. The minimum atomic E-state index is -1.00. The van der Waals surface area contributed by atoms with Gasteiger partial charge in [0.2, 0.25) is 0 Å². The number of carbonyl (C=O) groups is 3. The highest BCUT2D eigenvalue weighted by molar-refractivity contribution is 7.18. The van der Waals surface area contributed by atoms with Crippen molar-refractivity contribution in [3.8, 4) is 17.2 Å². The summed E-state index contributed by atoms with van der Waals surface area (Å²) in [5.74, 6) is -0.692. The number of hydrogen-bond donors (Lipinski definition) is 1. The van der Waals surface area contributed by atoms with Gasteiger partial charge in [0.1, 0.15) is 24.7 Å². The highest BCUT2D eigenvalue weighted by atomic mass is 32.1. The third-order valence-corrected chi connectivity index (χ3v) is 8.02. The maximum Gasteiger partial charge on any atom is 0.301 e. The van der Waals surface area contributed by atoms with Crippen molar-refractivity contribution in [2.24, 2.45) is 0 Å². The fourth-order valence-corrected chi connectivity index (χ4v) is 5.81. The standard InChI is InChI=1S/C30H30N2O7S/c1-4-5-6-12-37-21-9-7-8-19(15-21)25-24(26(34)20-10-11-22-23(16-20)39-14-13-38-22)27(35)29(36)32(25)30-31-17(2)28(40-30)18(3)33/h7-11,15-16,25,34H,4-6,12-14H2,1-3H3/t25-/m1/s1. The first-order chi connectivity index (χ1) is 19.3.